The zero-order valence-corrected chi connectivity index (χ0v) is 8.42. The van der Waals surface area contributed by atoms with Crippen molar-refractivity contribution in [3.05, 3.63) is 28.2 Å². The summed E-state index contributed by atoms with van der Waals surface area (Å²) < 4.78 is 0. The minimum Gasteiger partial charge on any atom is -0.330 e. The fraction of sp³-hybridized carbons (Fsp3) is 0.375. The van der Waals surface area contributed by atoms with Crippen molar-refractivity contribution in [1.82, 2.24) is 20.2 Å². The maximum Gasteiger partial charge on any atom is 0.151 e. The Morgan fingerprint density at radius 1 is 1.50 bits per heavy atom. The van der Waals surface area contributed by atoms with Gasteiger partial charge >= 0.3 is 0 Å². The number of nitrogens with one attached hydrogen (secondary N) is 1. The maximum absolute atomic E-state index is 5.40. The average molecular weight is 209 g/mol. The molecule has 0 spiro atoms. The van der Waals surface area contributed by atoms with Gasteiger partial charge in [0, 0.05) is 18.0 Å². The summed E-state index contributed by atoms with van der Waals surface area (Å²) in [7, 11) is 0. The topological polar surface area (TPSA) is 80.5 Å². The molecule has 0 saturated heterocycles. The van der Waals surface area contributed by atoms with Crippen molar-refractivity contribution in [3.63, 3.8) is 0 Å². The van der Waals surface area contributed by atoms with Crippen molar-refractivity contribution in [2.75, 3.05) is 6.54 Å². The van der Waals surface area contributed by atoms with Crippen LogP contribution in [0.25, 0.3) is 0 Å². The molecule has 0 aliphatic rings. The lowest BCUT2D eigenvalue weighted by molar-refractivity contribution is 0.874. The molecule has 0 aliphatic carbocycles. The monoisotopic (exact) mass is 209 g/mol. The van der Waals surface area contributed by atoms with Gasteiger partial charge in [-0.05, 0) is 6.54 Å². The van der Waals surface area contributed by atoms with Crippen LogP contribution in [0.2, 0.25) is 0 Å². The predicted molar refractivity (Wildman–Crippen MR) is 54.1 cm³/mol. The van der Waals surface area contributed by atoms with E-state index < -0.39 is 0 Å². The summed E-state index contributed by atoms with van der Waals surface area (Å²) in [4.78, 5) is 8.47. The van der Waals surface area contributed by atoms with Gasteiger partial charge in [0.15, 0.2) is 5.82 Å². The van der Waals surface area contributed by atoms with Gasteiger partial charge < -0.3 is 5.73 Å². The van der Waals surface area contributed by atoms with Gasteiger partial charge in [-0.2, -0.15) is 5.10 Å². The summed E-state index contributed by atoms with van der Waals surface area (Å²) in [6.07, 6.45) is 3.22. The molecule has 2 heterocycles. The van der Waals surface area contributed by atoms with Crippen LogP contribution in [0, 0.1) is 0 Å². The number of aromatic nitrogens is 4. The van der Waals surface area contributed by atoms with E-state index in [0.717, 1.165) is 23.1 Å². The highest BCUT2D eigenvalue weighted by atomic mass is 32.1. The molecule has 2 aromatic rings. The third-order valence-corrected chi connectivity index (χ3v) is 2.53. The number of hydrogen-bond donors (Lipinski definition) is 2. The first-order chi connectivity index (χ1) is 6.88. The molecule has 0 aromatic carbocycles. The molecule has 0 saturated carbocycles. The fourth-order valence-electron chi connectivity index (χ4n) is 1.14. The SMILES string of the molecule is NCCc1n[nH]c(Cc2nccs2)n1. The first-order valence-electron chi connectivity index (χ1n) is 4.37. The highest BCUT2D eigenvalue weighted by Gasteiger charge is 2.04. The molecule has 6 heteroatoms. The molecular weight excluding hydrogens is 198 g/mol. The Morgan fingerprint density at radius 3 is 3.14 bits per heavy atom. The Morgan fingerprint density at radius 2 is 2.43 bits per heavy atom. The summed E-state index contributed by atoms with van der Waals surface area (Å²) in [5, 5.41) is 9.92. The summed E-state index contributed by atoms with van der Waals surface area (Å²) >= 11 is 1.62. The molecule has 0 amide bonds. The smallest absolute Gasteiger partial charge is 0.151 e. The van der Waals surface area contributed by atoms with Gasteiger partial charge in [0.05, 0.1) is 6.42 Å². The van der Waals surface area contributed by atoms with E-state index in [2.05, 4.69) is 20.2 Å². The van der Waals surface area contributed by atoms with Crippen LogP contribution in [-0.2, 0) is 12.8 Å². The zero-order valence-electron chi connectivity index (χ0n) is 7.60. The number of nitrogens with zero attached hydrogens (tertiary/aromatic N) is 3. The van der Waals surface area contributed by atoms with E-state index in [0.29, 0.717) is 13.0 Å². The minimum atomic E-state index is 0.578. The van der Waals surface area contributed by atoms with Crippen LogP contribution >= 0.6 is 11.3 Å². The van der Waals surface area contributed by atoms with E-state index in [1.54, 1.807) is 17.5 Å². The van der Waals surface area contributed by atoms with Crippen LogP contribution in [0.15, 0.2) is 11.6 Å². The molecule has 3 N–H and O–H groups in total. The van der Waals surface area contributed by atoms with Crippen molar-refractivity contribution in [2.24, 2.45) is 5.73 Å². The largest absolute Gasteiger partial charge is 0.330 e. The van der Waals surface area contributed by atoms with Gasteiger partial charge in [-0.3, -0.25) is 5.10 Å². The molecule has 0 radical (unpaired) electrons. The quantitative estimate of drug-likeness (QED) is 0.761. The lowest BCUT2D eigenvalue weighted by atomic mass is 10.4. The third-order valence-electron chi connectivity index (χ3n) is 1.75. The van der Waals surface area contributed by atoms with E-state index >= 15 is 0 Å². The summed E-state index contributed by atoms with van der Waals surface area (Å²) in [6, 6.07) is 0. The number of thiazole rings is 1. The number of nitrogens with two attached hydrogens (primary N) is 1. The molecule has 14 heavy (non-hydrogen) atoms. The standard InChI is InChI=1S/C8H11N5S/c9-2-1-6-11-7(13-12-6)5-8-10-3-4-14-8/h3-4H,1-2,5,9H2,(H,11,12,13). The van der Waals surface area contributed by atoms with Crippen molar-refractivity contribution in [3.8, 4) is 0 Å². The average Bonchev–Trinajstić information content (AvgIpc) is 2.79. The second kappa shape index (κ2) is 4.30. The normalized spacial score (nSPS) is 10.6. The Bertz CT molecular complexity index is 380. The first kappa shape index (κ1) is 9.29. The van der Waals surface area contributed by atoms with Crippen LogP contribution in [0.1, 0.15) is 16.7 Å². The number of hydrogen-bond acceptors (Lipinski definition) is 5. The molecule has 5 nitrogen and oxygen atoms in total. The van der Waals surface area contributed by atoms with E-state index in [-0.39, 0.29) is 0 Å². The Kier molecular flexibility index (Phi) is 2.85. The molecule has 2 rings (SSSR count). The number of aromatic amines is 1. The molecular formula is C8H11N5S. The second-order valence-electron chi connectivity index (χ2n) is 2.84. The summed E-state index contributed by atoms with van der Waals surface area (Å²) in [5.41, 5.74) is 5.40. The molecule has 0 atom stereocenters. The Balaban J connectivity index is 2.03. The Hall–Kier alpha value is -1.27. The maximum atomic E-state index is 5.40. The van der Waals surface area contributed by atoms with Crippen molar-refractivity contribution < 1.29 is 0 Å². The van der Waals surface area contributed by atoms with E-state index in [9.17, 15) is 0 Å². The van der Waals surface area contributed by atoms with Gasteiger partial charge in [0.25, 0.3) is 0 Å². The van der Waals surface area contributed by atoms with Crippen molar-refractivity contribution in [2.45, 2.75) is 12.8 Å². The van der Waals surface area contributed by atoms with Gasteiger partial charge in [0.2, 0.25) is 0 Å². The van der Waals surface area contributed by atoms with Gasteiger partial charge in [-0.15, -0.1) is 11.3 Å². The van der Waals surface area contributed by atoms with Gasteiger partial charge in [0.1, 0.15) is 10.8 Å². The van der Waals surface area contributed by atoms with E-state index in [1.165, 1.54) is 0 Å². The molecule has 0 fully saturated rings. The van der Waals surface area contributed by atoms with Crippen LogP contribution in [-0.4, -0.2) is 26.7 Å². The van der Waals surface area contributed by atoms with Crippen LogP contribution in [0.3, 0.4) is 0 Å². The summed E-state index contributed by atoms with van der Waals surface area (Å²) in [6.45, 7) is 0.578. The highest BCUT2D eigenvalue weighted by Crippen LogP contribution is 2.08. The van der Waals surface area contributed by atoms with Crippen molar-refractivity contribution >= 4 is 11.3 Å². The van der Waals surface area contributed by atoms with Crippen molar-refractivity contribution in [1.29, 1.82) is 0 Å². The first-order valence-corrected chi connectivity index (χ1v) is 5.25. The van der Waals surface area contributed by atoms with Crippen LogP contribution in [0.4, 0.5) is 0 Å². The van der Waals surface area contributed by atoms with Gasteiger partial charge in [-0.25, -0.2) is 9.97 Å². The molecule has 74 valence electrons. The second-order valence-corrected chi connectivity index (χ2v) is 3.82. The Labute approximate surface area is 85.4 Å². The molecule has 0 unspecified atom stereocenters. The summed E-state index contributed by atoms with van der Waals surface area (Å²) in [5.74, 6) is 1.63. The third kappa shape index (κ3) is 2.15. The lowest BCUT2D eigenvalue weighted by Crippen LogP contribution is -2.04. The number of rotatable bonds is 4. The minimum absolute atomic E-state index is 0.578. The van der Waals surface area contributed by atoms with E-state index in [4.69, 9.17) is 5.73 Å². The molecule has 2 aromatic heterocycles. The molecule has 0 aliphatic heterocycles. The predicted octanol–water partition coefficient (Wildman–Crippen LogP) is 0.353. The van der Waals surface area contributed by atoms with Gasteiger partial charge in [-0.1, -0.05) is 0 Å². The highest BCUT2D eigenvalue weighted by molar-refractivity contribution is 7.09. The molecule has 0 bridgehead atoms. The fourth-order valence-corrected chi connectivity index (χ4v) is 1.76. The van der Waals surface area contributed by atoms with Crippen LogP contribution in [0.5, 0.6) is 0 Å². The zero-order chi connectivity index (χ0) is 9.80. The lowest BCUT2D eigenvalue weighted by Gasteiger charge is -1.89. The van der Waals surface area contributed by atoms with Crippen LogP contribution < -0.4 is 5.73 Å². The number of H-pyrrole nitrogens is 1. The van der Waals surface area contributed by atoms with E-state index in [1.807, 2.05) is 5.38 Å².